The molecule has 5 heteroatoms. The van der Waals surface area contributed by atoms with Crippen LogP contribution in [0.15, 0.2) is 98.1 Å². The van der Waals surface area contributed by atoms with E-state index < -0.39 is 11.2 Å². The number of allylic oxidation sites excluding steroid dienone is 1. The van der Waals surface area contributed by atoms with Crippen LogP contribution in [0.5, 0.6) is 0 Å². The third kappa shape index (κ3) is 16.7. The van der Waals surface area contributed by atoms with E-state index in [2.05, 4.69) is 13.2 Å². The quantitative estimate of drug-likeness (QED) is 0.392. The van der Waals surface area contributed by atoms with E-state index >= 15 is 0 Å². The summed E-state index contributed by atoms with van der Waals surface area (Å²) in [4.78, 5) is 20.1. The first-order valence-electron chi connectivity index (χ1n) is 8.68. The van der Waals surface area contributed by atoms with Crippen molar-refractivity contribution in [2.45, 2.75) is 0 Å². The smallest absolute Gasteiger partial charge is 0.330 e. The summed E-state index contributed by atoms with van der Waals surface area (Å²) in [7, 11) is 0. The van der Waals surface area contributed by atoms with Gasteiger partial charge in [0.05, 0.1) is 6.61 Å². The molecule has 0 radical (unpaired) electrons. The fraction of sp³-hybridized carbons (Fsp3) is 0.0833. The molecule has 2 rings (SSSR count). The predicted molar refractivity (Wildman–Crippen MR) is 120 cm³/mol. The van der Waals surface area contributed by atoms with Gasteiger partial charge in [0, 0.05) is 6.08 Å². The highest BCUT2D eigenvalue weighted by molar-refractivity contribution is 6.66. The van der Waals surface area contributed by atoms with Gasteiger partial charge in [-0.15, -0.1) is 0 Å². The topological polar surface area (TPSA) is 63.6 Å². The minimum atomic E-state index is -0.509. The molecule has 29 heavy (non-hydrogen) atoms. The Hall–Kier alpha value is -3.21. The van der Waals surface area contributed by atoms with Crippen LogP contribution in [0.25, 0.3) is 12.2 Å². The Morgan fingerprint density at radius 2 is 1.31 bits per heavy atom. The van der Waals surface area contributed by atoms with Gasteiger partial charge in [-0.1, -0.05) is 92.0 Å². The zero-order valence-corrected chi connectivity index (χ0v) is 16.9. The fourth-order valence-corrected chi connectivity index (χ4v) is 1.69. The van der Waals surface area contributed by atoms with Crippen molar-refractivity contribution >= 4 is 35.0 Å². The minimum Gasteiger partial charge on any atom is -0.458 e. The van der Waals surface area contributed by atoms with E-state index in [1.807, 2.05) is 72.8 Å². The van der Waals surface area contributed by atoms with Crippen LogP contribution in [0.1, 0.15) is 11.1 Å². The summed E-state index contributed by atoms with van der Waals surface area (Å²) in [5, 5.41) is 7.93. The number of hydrogen-bond donors (Lipinski definition) is 1. The molecule has 1 N–H and O–H groups in total. The first-order chi connectivity index (χ1) is 14.0. The summed E-state index contributed by atoms with van der Waals surface area (Å²) >= 11 is 4.71. The average molecular weight is 413 g/mol. The van der Waals surface area contributed by atoms with E-state index in [9.17, 15) is 9.59 Å². The highest BCUT2D eigenvalue weighted by Crippen LogP contribution is 2.00. The van der Waals surface area contributed by atoms with Gasteiger partial charge in [-0.3, -0.25) is 4.79 Å². The molecule has 2 aromatic carbocycles. The van der Waals surface area contributed by atoms with Crippen LogP contribution in [0.4, 0.5) is 0 Å². The largest absolute Gasteiger partial charge is 0.458 e. The summed E-state index contributed by atoms with van der Waals surface area (Å²) in [6, 6.07) is 19.7. The highest BCUT2D eigenvalue weighted by Gasteiger charge is 1.90. The molecule has 152 valence electrons. The predicted octanol–water partition coefficient (Wildman–Crippen LogP) is 5.06. The Bertz CT molecular complexity index is 781. The number of carbonyl (C=O) groups is 2. The number of benzene rings is 2. The summed E-state index contributed by atoms with van der Waals surface area (Å²) in [5.74, 6) is -0.400. The Balaban J connectivity index is 0.000000455. The summed E-state index contributed by atoms with van der Waals surface area (Å²) in [5.41, 5.74) is 2.21. The van der Waals surface area contributed by atoms with E-state index in [0.717, 1.165) is 23.3 Å². The molecule has 0 bridgehead atoms. The molecular formula is C24H25ClO4. The third-order valence-corrected chi connectivity index (χ3v) is 3.13. The van der Waals surface area contributed by atoms with E-state index in [1.165, 1.54) is 0 Å². The molecular weight excluding hydrogens is 388 g/mol. The molecule has 4 nitrogen and oxygen atoms in total. The van der Waals surface area contributed by atoms with Crippen LogP contribution in [0.2, 0.25) is 0 Å². The molecule has 0 saturated heterocycles. The number of carbonyl (C=O) groups excluding carboxylic acids is 2. The normalized spacial score (nSPS) is 9.59. The number of ether oxygens (including phenoxy) is 1. The van der Waals surface area contributed by atoms with Crippen LogP contribution in [0, 0.1) is 0 Å². The van der Waals surface area contributed by atoms with E-state index in [-0.39, 0.29) is 13.2 Å². The maximum absolute atomic E-state index is 10.6. The lowest BCUT2D eigenvalue weighted by Crippen LogP contribution is -1.98. The molecule has 0 aliphatic rings. The molecule has 0 spiro atoms. The van der Waals surface area contributed by atoms with Crippen LogP contribution in [0.3, 0.4) is 0 Å². The fourth-order valence-electron chi connectivity index (χ4n) is 1.69. The second-order valence-electron chi connectivity index (χ2n) is 5.15. The Morgan fingerprint density at radius 3 is 1.69 bits per heavy atom. The number of halogens is 1. The van der Waals surface area contributed by atoms with Gasteiger partial charge in [0.1, 0.15) is 6.61 Å². The summed E-state index contributed by atoms with van der Waals surface area (Å²) < 4.78 is 4.77. The van der Waals surface area contributed by atoms with Gasteiger partial charge in [-0.2, -0.15) is 0 Å². The highest BCUT2D eigenvalue weighted by atomic mass is 35.5. The van der Waals surface area contributed by atoms with Gasteiger partial charge in [-0.05, 0) is 34.9 Å². The van der Waals surface area contributed by atoms with Crippen molar-refractivity contribution in [2.24, 2.45) is 0 Å². The monoisotopic (exact) mass is 412 g/mol. The van der Waals surface area contributed by atoms with Crippen molar-refractivity contribution in [2.75, 3.05) is 13.2 Å². The maximum atomic E-state index is 10.6. The molecule has 0 amide bonds. The lowest BCUT2D eigenvalue weighted by molar-refractivity contribution is -0.136. The molecule has 2 aromatic rings. The van der Waals surface area contributed by atoms with Crippen molar-refractivity contribution in [1.29, 1.82) is 0 Å². The maximum Gasteiger partial charge on any atom is 0.330 e. The molecule has 0 aliphatic carbocycles. The van der Waals surface area contributed by atoms with Crippen LogP contribution in [-0.2, 0) is 14.3 Å². The van der Waals surface area contributed by atoms with Crippen molar-refractivity contribution in [1.82, 2.24) is 0 Å². The first-order valence-corrected chi connectivity index (χ1v) is 9.06. The zero-order chi connectivity index (χ0) is 21.7. The molecule has 0 fully saturated rings. The average Bonchev–Trinajstić information content (AvgIpc) is 2.77. The second-order valence-corrected chi connectivity index (χ2v) is 5.52. The Morgan fingerprint density at radius 1 is 0.862 bits per heavy atom. The van der Waals surface area contributed by atoms with Crippen molar-refractivity contribution < 1.29 is 19.4 Å². The lowest BCUT2D eigenvalue weighted by atomic mass is 10.2. The molecule has 0 unspecified atom stereocenters. The Labute approximate surface area is 177 Å². The van der Waals surface area contributed by atoms with Crippen molar-refractivity contribution in [3.05, 3.63) is 109 Å². The summed E-state index contributed by atoms with van der Waals surface area (Å²) in [6.45, 7) is 6.76. The number of hydrogen-bond acceptors (Lipinski definition) is 4. The third-order valence-electron chi connectivity index (χ3n) is 2.97. The van der Waals surface area contributed by atoms with Crippen LogP contribution >= 0.6 is 11.6 Å². The van der Waals surface area contributed by atoms with E-state index in [0.29, 0.717) is 0 Å². The molecule has 0 aromatic heterocycles. The van der Waals surface area contributed by atoms with E-state index in [1.54, 1.807) is 12.2 Å². The van der Waals surface area contributed by atoms with Gasteiger partial charge in [0.2, 0.25) is 5.24 Å². The first kappa shape index (κ1) is 25.8. The number of aliphatic hydroxyl groups is 1. The standard InChI is InChI=1S/C12H12O2.C9H10O.C3H3ClO/c1-2-12(13)14-10-6-9-11-7-4-3-5-8-11;10-8-4-7-9-5-2-1-3-6-9;1-2-3(4)5/h2-9H,1,10H2;1-7,10H,8H2;2H,1H2/b9-6+;7-4+;. The lowest BCUT2D eigenvalue weighted by Gasteiger charge is -1.95. The molecule has 0 aliphatic heterocycles. The van der Waals surface area contributed by atoms with Gasteiger partial charge in [0.25, 0.3) is 0 Å². The molecule has 0 heterocycles. The Kier molecular flexibility index (Phi) is 16.2. The van der Waals surface area contributed by atoms with Gasteiger partial charge >= 0.3 is 5.97 Å². The number of aliphatic hydroxyl groups excluding tert-OH is 1. The van der Waals surface area contributed by atoms with Crippen molar-refractivity contribution in [3.63, 3.8) is 0 Å². The van der Waals surface area contributed by atoms with Gasteiger partial charge in [0.15, 0.2) is 0 Å². The molecule has 0 saturated carbocycles. The summed E-state index contributed by atoms with van der Waals surface area (Å²) in [6.07, 6.45) is 9.49. The zero-order valence-electron chi connectivity index (χ0n) is 16.1. The van der Waals surface area contributed by atoms with E-state index in [4.69, 9.17) is 21.4 Å². The van der Waals surface area contributed by atoms with Crippen LogP contribution in [-0.4, -0.2) is 29.5 Å². The van der Waals surface area contributed by atoms with Crippen molar-refractivity contribution in [3.8, 4) is 0 Å². The molecule has 0 atom stereocenters. The SMILES string of the molecule is C=CC(=O)Cl.C=CC(=O)OC/C=C/c1ccccc1.OC/C=C/c1ccccc1. The van der Waals surface area contributed by atoms with Gasteiger partial charge < -0.3 is 9.84 Å². The number of esters is 1. The van der Waals surface area contributed by atoms with Gasteiger partial charge in [-0.25, -0.2) is 4.79 Å². The number of rotatable bonds is 7. The van der Waals surface area contributed by atoms with Crippen LogP contribution < -0.4 is 0 Å². The minimum absolute atomic E-state index is 0.106. The second kappa shape index (κ2) is 18.2.